The maximum absolute atomic E-state index is 12.1. The summed E-state index contributed by atoms with van der Waals surface area (Å²) in [4.78, 5) is 22.3. The van der Waals surface area contributed by atoms with E-state index in [-0.39, 0.29) is 5.69 Å². The second kappa shape index (κ2) is 6.74. The molecule has 0 saturated carbocycles. The molecule has 2 aromatic carbocycles. The zero-order valence-electron chi connectivity index (χ0n) is 12.9. The lowest BCUT2D eigenvalue weighted by molar-refractivity contribution is -0.192. The number of benzene rings is 2. The highest BCUT2D eigenvalue weighted by molar-refractivity contribution is 5.97. The molecule has 1 amide bonds. The third-order valence-corrected chi connectivity index (χ3v) is 3.16. The molecule has 2 rings (SSSR count). The molecular formula is C17H14F3NO3. The molecule has 24 heavy (non-hydrogen) atoms. The zero-order chi connectivity index (χ0) is 17.9. The first-order chi connectivity index (χ1) is 11.2. The summed E-state index contributed by atoms with van der Waals surface area (Å²) in [5, 5.41) is 2.18. The van der Waals surface area contributed by atoms with Crippen LogP contribution >= 0.6 is 0 Å². The Balaban J connectivity index is 2.28. The van der Waals surface area contributed by atoms with E-state index in [4.69, 9.17) is 0 Å². The molecule has 0 radical (unpaired) electrons. The summed E-state index contributed by atoms with van der Waals surface area (Å²) in [7, 11) is 0. The fourth-order valence-corrected chi connectivity index (χ4v) is 2.10. The molecule has 7 heteroatoms. The number of alkyl halides is 3. The quantitative estimate of drug-likeness (QED) is 0.643. The minimum Gasteiger partial charge on any atom is -0.369 e. The van der Waals surface area contributed by atoms with Crippen LogP contribution in [-0.4, -0.2) is 18.2 Å². The van der Waals surface area contributed by atoms with Crippen molar-refractivity contribution in [3.8, 4) is 11.1 Å². The maximum Gasteiger partial charge on any atom is 0.491 e. The minimum atomic E-state index is -5.23. The molecule has 1 N–H and O–H groups in total. The van der Waals surface area contributed by atoms with Gasteiger partial charge in [-0.3, -0.25) is 5.32 Å². The topological polar surface area (TPSA) is 55.4 Å². The number of ether oxygens (including phenoxy) is 1. The molecule has 0 aliphatic carbocycles. The number of esters is 1. The van der Waals surface area contributed by atoms with Gasteiger partial charge in [-0.1, -0.05) is 41.5 Å². The third kappa shape index (κ3) is 4.34. The van der Waals surface area contributed by atoms with E-state index >= 15 is 0 Å². The van der Waals surface area contributed by atoms with Crippen LogP contribution in [-0.2, 0) is 9.53 Å². The van der Waals surface area contributed by atoms with Crippen LogP contribution < -0.4 is 5.32 Å². The normalized spacial score (nSPS) is 11.0. The van der Waals surface area contributed by atoms with Gasteiger partial charge in [0.05, 0.1) is 5.69 Å². The van der Waals surface area contributed by atoms with Crippen molar-refractivity contribution in [2.45, 2.75) is 20.0 Å². The fraction of sp³-hybridized carbons (Fsp3) is 0.176. The number of hydrogen-bond donors (Lipinski definition) is 1. The van der Waals surface area contributed by atoms with E-state index < -0.39 is 18.2 Å². The van der Waals surface area contributed by atoms with Gasteiger partial charge in [0, 0.05) is 5.56 Å². The smallest absolute Gasteiger partial charge is 0.369 e. The molecule has 0 saturated heterocycles. The highest BCUT2D eigenvalue weighted by Crippen LogP contribution is 2.30. The van der Waals surface area contributed by atoms with Gasteiger partial charge in [-0.25, -0.2) is 9.59 Å². The van der Waals surface area contributed by atoms with Gasteiger partial charge >= 0.3 is 18.2 Å². The van der Waals surface area contributed by atoms with Crippen LogP contribution in [0.25, 0.3) is 11.1 Å². The van der Waals surface area contributed by atoms with E-state index in [1.54, 1.807) is 18.2 Å². The Hall–Kier alpha value is -2.83. The number of anilines is 1. The second-order valence-electron chi connectivity index (χ2n) is 5.22. The number of nitrogens with one attached hydrogen (secondary N) is 1. The van der Waals surface area contributed by atoms with Gasteiger partial charge in [0.15, 0.2) is 0 Å². The van der Waals surface area contributed by atoms with E-state index in [0.29, 0.717) is 5.56 Å². The van der Waals surface area contributed by atoms with Gasteiger partial charge in [0.1, 0.15) is 0 Å². The van der Waals surface area contributed by atoms with Gasteiger partial charge in [0.25, 0.3) is 0 Å². The molecule has 0 heterocycles. The summed E-state index contributed by atoms with van der Waals surface area (Å²) in [5.41, 5.74) is 3.50. The Morgan fingerprint density at radius 1 is 1.00 bits per heavy atom. The minimum absolute atomic E-state index is 0.242. The van der Waals surface area contributed by atoms with Crippen molar-refractivity contribution in [2.24, 2.45) is 0 Å². The van der Waals surface area contributed by atoms with E-state index in [1.807, 2.05) is 32.0 Å². The third-order valence-electron chi connectivity index (χ3n) is 3.16. The van der Waals surface area contributed by atoms with Crippen molar-refractivity contribution in [3.63, 3.8) is 0 Å². The Labute approximate surface area is 136 Å². The molecule has 0 bridgehead atoms. The summed E-state index contributed by atoms with van der Waals surface area (Å²) in [5.74, 6) is -2.57. The van der Waals surface area contributed by atoms with Crippen LogP contribution in [0.2, 0.25) is 0 Å². The Morgan fingerprint density at radius 3 is 2.29 bits per heavy atom. The molecule has 0 fully saturated rings. The van der Waals surface area contributed by atoms with Crippen molar-refractivity contribution < 1.29 is 27.5 Å². The summed E-state index contributed by atoms with van der Waals surface area (Å²) >= 11 is 0. The summed E-state index contributed by atoms with van der Waals surface area (Å²) in [6.45, 7) is 3.73. The molecule has 0 unspecified atom stereocenters. The van der Waals surface area contributed by atoms with Gasteiger partial charge < -0.3 is 4.74 Å². The fourth-order valence-electron chi connectivity index (χ4n) is 2.10. The summed E-state index contributed by atoms with van der Waals surface area (Å²) in [6.07, 6.45) is -6.72. The first-order valence-corrected chi connectivity index (χ1v) is 6.94. The van der Waals surface area contributed by atoms with Gasteiger partial charge in [0.2, 0.25) is 0 Å². The first kappa shape index (κ1) is 17.5. The van der Waals surface area contributed by atoms with Crippen molar-refractivity contribution in [1.29, 1.82) is 0 Å². The van der Waals surface area contributed by atoms with Crippen molar-refractivity contribution in [2.75, 3.05) is 5.32 Å². The first-order valence-electron chi connectivity index (χ1n) is 6.94. The molecule has 4 nitrogen and oxygen atoms in total. The monoisotopic (exact) mass is 337 g/mol. The van der Waals surface area contributed by atoms with E-state index in [2.05, 4.69) is 10.1 Å². The van der Waals surface area contributed by atoms with E-state index in [9.17, 15) is 22.8 Å². The van der Waals surface area contributed by atoms with E-state index in [0.717, 1.165) is 16.7 Å². The molecule has 0 atom stereocenters. The molecule has 0 aliphatic heterocycles. The Bertz CT molecular complexity index is 785. The highest BCUT2D eigenvalue weighted by atomic mass is 19.4. The molecule has 0 aromatic heterocycles. The second-order valence-corrected chi connectivity index (χ2v) is 5.22. The number of halogens is 3. The average molecular weight is 337 g/mol. The number of aryl methyl sites for hydroxylation is 2. The van der Waals surface area contributed by atoms with Gasteiger partial charge in [-0.05, 0) is 31.5 Å². The number of rotatable bonds is 2. The standard InChI is InChI=1S/C17H14F3NO3/c1-10-4-3-5-12(8-10)13-9-11(2)6-7-14(13)21-16(23)24-15(22)17(18,19)20/h3-9H,1-2H3,(H,21,23). The summed E-state index contributed by atoms with van der Waals surface area (Å²) < 4.78 is 40.2. The number of amides is 1. The largest absolute Gasteiger partial charge is 0.491 e. The van der Waals surface area contributed by atoms with Gasteiger partial charge in [-0.15, -0.1) is 0 Å². The predicted molar refractivity (Wildman–Crippen MR) is 82.5 cm³/mol. The lowest BCUT2D eigenvalue weighted by Gasteiger charge is -2.13. The predicted octanol–water partition coefficient (Wildman–Crippen LogP) is 4.61. The Morgan fingerprint density at radius 2 is 1.67 bits per heavy atom. The lowest BCUT2D eigenvalue weighted by Crippen LogP contribution is -2.30. The molecule has 0 spiro atoms. The number of hydrogen-bond acceptors (Lipinski definition) is 3. The molecule has 2 aromatic rings. The van der Waals surface area contributed by atoms with Crippen LogP contribution in [0.4, 0.5) is 23.7 Å². The van der Waals surface area contributed by atoms with Crippen LogP contribution in [0.3, 0.4) is 0 Å². The van der Waals surface area contributed by atoms with E-state index in [1.165, 1.54) is 6.07 Å². The summed E-state index contributed by atoms with van der Waals surface area (Å²) in [6, 6.07) is 12.4. The van der Waals surface area contributed by atoms with Gasteiger partial charge in [-0.2, -0.15) is 13.2 Å². The van der Waals surface area contributed by atoms with Crippen LogP contribution in [0.15, 0.2) is 42.5 Å². The average Bonchev–Trinajstić information content (AvgIpc) is 2.48. The number of carbonyl (C=O) groups is 2. The lowest BCUT2D eigenvalue weighted by atomic mass is 10.00. The zero-order valence-corrected chi connectivity index (χ0v) is 12.9. The Kier molecular flexibility index (Phi) is 4.92. The SMILES string of the molecule is Cc1cccc(-c2cc(C)ccc2NC(=O)OC(=O)C(F)(F)F)c1. The molecule has 0 aliphatic rings. The maximum atomic E-state index is 12.1. The molecule has 126 valence electrons. The molecular weight excluding hydrogens is 323 g/mol. The highest BCUT2D eigenvalue weighted by Gasteiger charge is 2.42. The van der Waals surface area contributed by atoms with Crippen LogP contribution in [0.5, 0.6) is 0 Å². The van der Waals surface area contributed by atoms with Crippen LogP contribution in [0.1, 0.15) is 11.1 Å². The van der Waals surface area contributed by atoms with Crippen molar-refractivity contribution in [3.05, 3.63) is 53.6 Å². The van der Waals surface area contributed by atoms with Crippen molar-refractivity contribution in [1.82, 2.24) is 0 Å². The number of carbonyl (C=O) groups excluding carboxylic acids is 2. The van der Waals surface area contributed by atoms with Crippen LogP contribution in [0, 0.1) is 13.8 Å². The van der Waals surface area contributed by atoms with Crippen molar-refractivity contribution >= 4 is 17.7 Å².